The van der Waals surface area contributed by atoms with E-state index in [-0.39, 0.29) is 17.4 Å². The van der Waals surface area contributed by atoms with Crippen molar-refractivity contribution in [3.05, 3.63) is 28.5 Å². The maximum Gasteiger partial charge on any atom is 0.251 e. The van der Waals surface area contributed by atoms with Gasteiger partial charge in [-0.15, -0.1) is 0 Å². The lowest BCUT2D eigenvalue weighted by atomic mass is 9.90. The molecule has 2 rings (SSSR count). The zero-order chi connectivity index (χ0) is 14.9. The number of halogens is 1. The van der Waals surface area contributed by atoms with E-state index in [1.165, 1.54) is 12.8 Å². The molecule has 1 aromatic rings. The lowest BCUT2D eigenvalue weighted by molar-refractivity contribution is 0.0929. The average Bonchev–Trinajstić information content (AvgIpc) is 2.73. The Morgan fingerprint density at radius 2 is 2.05 bits per heavy atom. The maximum absolute atomic E-state index is 12.4. The third-order valence-electron chi connectivity index (χ3n) is 4.00. The first-order chi connectivity index (χ1) is 9.27. The van der Waals surface area contributed by atoms with Crippen LogP contribution in [0.5, 0.6) is 0 Å². The van der Waals surface area contributed by atoms with Crippen LogP contribution in [0.3, 0.4) is 0 Å². The van der Waals surface area contributed by atoms with Crippen molar-refractivity contribution in [2.45, 2.75) is 58.4 Å². The summed E-state index contributed by atoms with van der Waals surface area (Å²) in [6.07, 6.45) is 3.45. The molecule has 1 amide bonds. The van der Waals surface area contributed by atoms with Gasteiger partial charge in [0.1, 0.15) is 5.15 Å². The number of nitrogens with zero attached hydrogens (tertiary/aromatic N) is 1. The normalized spacial score (nSPS) is 22.9. The molecule has 1 saturated carbocycles. The van der Waals surface area contributed by atoms with Crippen molar-refractivity contribution in [3.8, 4) is 0 Å². The molecule has 0 bridgehead atoms. The number of aromatic nitrogens is 1. The van der Waals surface area contributed by atoms with Gasteiger partial charge in [0, 0.05) is 22.7 Å². The van der Waals surface area contributed by atoms with Crippen LogP contribution in [0.1, 0.15) is 63.0 Å². The second-order valence-electron chi connectivity index (χ2n) is 6.80. The summed E-state index contributed by atoms with van der Waals surface area (Å²) in [4.78, 5) is 16.7. The molecule has 0 aromatic carbocycles. The molecule has 2 atom stereocenters. The maximum atomic E-state index is 12.4. The predicted molar refractivity (Wildman–Crippen MR) is 82.2 cm³/mol. The Hall–Kier alpha value is -1.09. The van der Waals surface area contributed by atoms with Crippen LogP contribution in [0.2, 0.25) is 5.15 Å². The van der Waals surface area contributed by atoms with Crippen molar-refractivity contribution < 1.29 is 4.79 Å². The quantitative estimate of drug-likeness (QED) is 0.839. The molecule has 1 N–H and O–H groups in total. The van der Waals surface area contributed by atoms with Gasteiger partial charge in [0.25, 0.3) is 5.91 Å². The third-order valence-corrected chi connectivity index (χ3v) is 4.20. The number of carbonyl (C=O) groups is 1. The van der Waals surface area contributed by atoms with Gasteiger partial charge in [-0.2, -0.15) is 0 Å². The van der Waals surface area contributed by atoms with Crippen molar-refractivity contribution in [2.75, 3.05) is 0 Å². The number of hydrogen-bond donors (Lipinski definition) is 1. The fraction of sp³-hybridized carbons (Fsp3) is 0.625. The van der Waals surface area contributed by atoms with E-state index in [0.29, 0.717) is 16.6 Å². The second-order valence-corrected chi connectivity index (χ2v) is 7.19. The Balaban J connectivity index is 2.19. The summed E-state index contributed by atoms with van der Waals surface area (Å²) < 4.78 is 0. The average molecular weight is 295 g/mol. The Bertz CT molecular complexity index is 508. The minimum atomic E-state index is -0.124. The summed E-state index contributed by atoms with van der Waals surface area (Å²) in [6, 6.07) is 3.78. The lowest BCUT2D eigenvalue weighted by Gasteiger charge is -2.20. The Kier molecular flexibility index (Phi) is 4.38. The largest absolute Gasteiger partial charge is 0.349 e. The highest BCUT2D eigenvalue weighted by atomic mass is 35.5. The molecule has 110 valence electrons. The summed E-state index contributed by atoms with van der Waals surface area (Å²) in [7, 11) is 0. The van der Waals surface area contributed by atoms with Crippen LogP contribution in [0, 0.1) is 5.92 Å². The minimum absolute atomic E-state index is 0.0430. The zero-order valence-electron chi connectivity index (χ0n) is 12.7. The van der Waals surface area contributed by atoms with Crippen LogP contribution in [-0.4, -0.2) is 16.9 Å². The van der Waals surface area contributed by atoms with Gasteiger partial charge in [0.05, 0.1) is 0 Å². The lowest BCUT2D eigenvalue weighted by Crippen LogP contribution is -2.36. The van der Waals surface area contributed by atoms with Gasteiger partial charge in [-0.25, -0.2) is 4.98 Å². The van der Waals surface area contributed by atoms with E-state index in [1.807, 2.05) is 6.07 Å². The van der Waals surface area contributed by atoms with Gasteiger partial charge in [-0.3, -0.25) is 4.79 Å². The number of hydrogen-bond acceptors (Lipinski definition) is 2. The summed E-state index contributed by atoms with van der Waals surface area (Å²) in [5, 5.41) is 3.50. The van der Waals surface area contributed by atoms with Crippen LogP contribution >= 0.6 is 11.6 Å². The van der Waals surface area contributed by atoms with Crippen molar-refractivity contribution >= 4 is 17.5 Å². The smallest absolute Gasteiger partial charge is 0.251 e. The molecule has 1 aromatic heterocycles. The molecule has 1 aliphatic carbocycles. The van der Waals surface area contributed by atoms with Crippen molar-refractivity contribution in [1.82, 2.24) is 10.3 Å². The fourth-order valence-corrected chi connectivity index (χ4v) is 2.83. The number of rotatable bonds is 2. The van der Waals surface area contributed by atoms with Gasteiger partial charge < -0.3 is 5.32 Å². The molecule has 1 fully saturated rings. The number of pyridine rings is 1. The Labute approximate surface area is 126 Å². The summed E-state index contributed by atoms with van der Waals surface area (Å²) in [6.45, 7) is 8.38. The third kappa shape index (κ3) is 3.51. The number of amides is 1. The SMILES string of the molecule is CC1CCCC1NC(=O)c1cc(Cl)nc(C(C)(C)C)c1. The molecule has 2 unspecified atom stereocenters. The number of carbonyl (C=O) groups excluding carboxylic acids is 1. The second kappa shape index (κ2) is 5.72. The van der Waals surface area contributed by atoms with Gasteiger partial charge in [-0.1, -0.05) is 45.7 Å². The highest BCUT2D eigenvalue weighted by Gasteiger charge is 2.26. The first kappa shape index (κ1) is 15.3. The van der Waals surface area contributed by atoms with Crippen molar-refractivity contribution in [2.24, 2.45) is 5.92 Å². The van der Waals surface area contributed by atoms with Crippen molar-refractivity contribution in [1.29, 1.82) is 0 Å². The Morgan fingerprint density at radius 1 is 1.35 bits per heavy atom. The van der Waals surface area contributed by atoms with Crippen molar-refractivity contribution in [3.63, 3.8) is 0 Å². The standard InChI is InChI=1S/C16H23ClN2O/c1-10-6-5-7-12(10)18-15(20)11-8-13(16(2,3)4)19-14(17)9-11/h8-10,12H,5-7H2,1-4H3,(H,18,20). The van der Waals surface area contributed by atoms with Crippen LogP contribution in [0.25, 0.3) is 0 Å². The molecule has 0 aliphatic heterocycles. The molecule has 4 heteroatoms. The summed E-state index contributed by atoms with van der Waals surface area (Å²) in [5.41, 5.74) is 1.32. The van der Waals surface area contributed by atoms with Crippen LogP contribution < -0.4 is 5.32 Å². The molecule has 0 spiro atoms. The van der Waals surface area contributed by atoms with Gasteiger partial charge in [-0.05, 0) is 30.9 Å². The topological polar surface area (TPSA) is 42.0 Å². The monoisotopic (exact) mass is 294 g/mol. The minimum Gasteiger partial charge on any atom is -0.349 e. The molecule has 20 heavy (non-hydrogen) atoms. The van der Waals surface area contributed by atoms with E-state index in [1.54, 1.807) is 6.07 Å². The van der Waals surface area contributed by atoms with Crippen LogP contribution in [-0.2, 0) is 5.41 Å². The highest BCUT2D eigenvalue weighted by Crippen LogP contribution is 2.26. The zero-order valence-corrected chi connectivity index (χ0v) is 13.4. The van der Waals surface area contributed by atoms with E-state index >= 15 is 0 Å². The van der Waals surface area contributed by atoms with Crippen LogP contribution in [0.4, 0.5) is 0 Å². The van der Waals surface area contributed by atoms with E-state index in [4.69, 9.17) is 11.6 Å². The van der Waals surface area contributed by atoms with Gasteiger partial charge >= 0.3 is 0 Å². The summed E-state index contributed by atoms with van der Waals surface area (Å²) >= 11 is 6.05. The molecule has 1 aliphatic rings. The fourth-order valence-electron chi connectivity index (χ4n) is 2.62. The molecule has 0 saturated heterocycles. The van der Waals surface area contributed by atoms with Crippen LogP contribution in [0.15, 0.2) is 12.1 Å². The molecular weight excluding hydrogens is 272 g/mol. The highest BCUT2D eigenvalue weighted by molar-refractivity contribution is 6.29. The molecule has 0 radical (unpaired) electrons. The summed E-state index contributed by atoms with van der Waals surface area (Å²) in [5.74, 6) is 0.511. The first-order valence-corrected chi connectivity index (χ1v) is 7.64. The first-order valence-electron chi connectivity index (χ1n) is 7.26. The van der Waals surface area contributed by atoms with E-state index in [9.17, 15) is 4.79 Å². The van der Waals surface area contributed by atoms with E-state index in [0.717, 1.165) is 12.1 Å². The van der Waals surface area contributed by atoms with E-state index < -0.39 is 0 Å². The van der Waals surface area contributed by atoms with E-state index in [2.05, 4.69) is 38.0 Å². The van der Waals surface area contributed by atoms with Gasteiger partial charge in [0.15, 0.2) is 0 Å². The predicted octanol–water partition coefficient (Wildman–Crippen LogP) is 3.95. The molecule has 3 nitrogen and oxygen atoms in total. The number of nitrogens with one attached hydrogen (secondary N) is 1. The molecular formula is C16H23ClN2O. The molecule has 1 heterocycles. The van der Waals surface area contributed by atoms with Gasteiger partial charge in [0.2, 0.25) is 0 Å². The Morgan fingerprint density at radius 3 is 2.60 bits per heavy atom.